The Hall–Kier alpha value is -1.01. The predicted molar refractivity (Wildman–Crippen MR) is 93.4 cm³/mol. The van der Waals surface area contributed by atoms with Crippen LogP contribution in [0.25, 0.3) is 0 Å². The van der Waals surface area contributed by atoms with Gasteiger partial charge in [0.15, 0.2) is 0 Å². The molecule has 6 heteroatoms. The van der Waals surface area contributed by atoms with Crippen molar-refractivity contribution in [1.82, 2.24) is 10.9 Å². The Morgan fingerprint density at radius 1 is 1.18 bits per heavy atom. The Balaban J connectivity index is 1.84. The van der Waals surface area contributed by atoms with Crippen molar-refractivity contribution in [3.05, 3.63) is 21.4 Å². The zero-order valence-electron chi connectivity index (χ0n) is 13.5. The van der Waals surface area contributed by atoms with Crippen LogP contribution < -0.4 is 10.9 Å². The number of thioether (sulfide) groups is 1. The van der Waals surface area contributed by atoms with Gasteiger partial charge in [0, 0.05) is 9.62 Å². The molecule has 0 bridgehead atoms. The number of carbonyl (C=O) groups is 2. The lowest BCUT2D eigenvalue weighted by Gasteiger charge is -2.16. The van der Waals surface area contributed by atoms with E-state index in [1.807, 2.05) is 6.07 Å². The maximum atomic E-state index is 12.1. The van der Waals surface area contributed by atoms with Crippen molar-refractivity contribution in [3.8, 4) is 0 Å². The third-order valence-corrected chi connectivity index (χ3v) is 5.93. The average Bonchev–Trinajstić information content (AvgIpc) is 2.73. The first-order chi connectivity index (χ1) is 10.3. The molecule has 0 aliphatic heterocycles. The number of thiophene rings is 1. The summed E-state index contributed by atoms with van der Waals surface area (Å²) >= 11 is 3.11. The second kappa shape index (κ2) is 7.51. The van der Waals surface area contributed by atoms with Gasteiger partial charge in [-0.05, 0) is 37.3 Å². The predicted octanol–water partition coefficient (Wildman–Crippen LogP) is 3.31. The number of nitrogens with one attached hydrogen (secondary N) is 2. The van der Waals surface area contributed by atoms with Gasteiger partial charge in [-0.3, -0.25) is 20.4 Å². The van der Waals surface area contributed by atoms with E-state index >= 15 is 0 Å². The molecule has 0 saturated heterocycles. The molecule has 2 N–H and O–H groups in total. The minimum absolute atomic E-state index is 0.0344. The number of aryl methyl sites for hydroxylation is 2. The Kier molecular flexibility index (Phi) is 5.92. The Morgan fingerprint density at radius 3 is 2.64 bits per heavy atom. The summed E-state index contributed by atoms with van der Waals surface area (Å²) in [6.07, 6.45) is 5.81. The van der Waals surface area contributed by atoms with E-state index in [0.717, 1.165) is 12.8 Å². The van der Waals surface area contributed by atoms with Gasteiger partial charge in [-0.15, -0.1) is 23.1 Å². The highest BCUT2D eigenvalue weighted by atomic mass is 32.2. The molecule has 0 fully saturated rings. The summed E-state index contributed by atoms with van der Waals surface area (Å²) in [4.78, 5) is 25.9. The van der Waals surface area contributed by atoms with Crippen LogP contribution in [0.2, 0.25) is 0 Å². The quantitative estimate of drug-likeness (QED) is 0.655. The molecule has 0 unspecified atom stereocenters. The van der Waals surface area contributed by atoms with Crippen molar-refractivity contribution in [2.45, 2.75) is 57.6 Å². The van der Waals surface area contributed by atoms with E-state index < -0.39 is 0 Å². The molecule has 0 saturated carbocycles. The molecule has 4 nitrogen and oxygen atoms in total. The fourth-order valence-electron chi connectivity index (χ4n) is 2.29. The first-order valence-electron chi connectivity index (χ1n) is 7.70. The third-order valence-electron chi connectivity index (χ3n) is 3.42. The fourth-order valence-corrected chi connectivity index (χ4v) is 4.07. The van der Waals surface area contributed by atoms with Gasteiger partial charge < -0.3 is 0 Å². The van der Waals surface area contributed by atoms with Crippen molar-refractivity contribution in [2.75, 3.05) is 5.75 Å². The van der Waals surface area contributed by atoms with Crippen LogP contribution in [0.5, 0.6) is 0 Å². The van der Waals surface area contributed by atoms with E-state index in [2.05, 4.69) is 31.6 Å². The van der Waals surface area contributed by atoms with Gasteiger partial charge in [-0.25, -0.2) is 0 Å². The number of hydrazine groups is 1. The van der Waals surface area contributed by atoms with E-state index in [1.165, 1.54) is 29.7 Å². The van der Waals surface area contributed by atoms with Crippen LogP contribution in [0.4, 0.5) is 0 Å². The minimum Gasteiger partial charge on any atom is -0.272 e. The number of fused-ring (bicyclic) bond motifs is 1. The second-order valence-electron chi connectivity index (χ2n) is 6.52. The molecule has 1 aliphatic rings. The molecule has 0 atom stereocenters. The highest BCUT2D eigenvalue weighted by Crippen LogP contribution is 2.28. The molecular formula is C16H24N2O2S2. The van der Waals surface area contributed by atoms with Crippen molar-refractivity contribution in [2.24, 2.45) is 0 Å². The van der Waals surface area contributed by atoms with Gasteiger partial charge in [0.2, 0.25) is 5.91 Å². The zero-order valence-corrected chi connectivity index (χ0v) is 15.1. The van der Waals surface area contributed by atoms with Crippen molar-refractivity contribution in [1.29, 1.82) is 0 Å². The lowest BCUT2D eigenvalue weighted by atomic mass is 10.1. The summed E-state index contributed by atoms with van der Waals surface area (Å²) in [6, 6.07) is 1.98. The maximum Gasteiger partial charge on any atom is 0.279 e. The van der Waals surface area contributed by atoms with Crippen molar-refractivity contribution in [3.63, 3.8) is 0 Å². The van der Waals surface area contributed by atoms with E-state index in [9.17, 15) is 9.59 Å². The summed E-state index contributed by atoms with van der Waals surface area (Å²) in [5, 5.41) is 0. The third kappa shape index (κ3) is 5.32. The van der Waals surface area contributed by atoms with E-state index in [4.69, 9.17) is 0 Å². The summed E-state index contributed by atoms with van der Waals surface area (Å²) in [6.45, 7) is 6.17. The highest BCUT2D eigenvalue weighted by Gasteiger charge is 2.17. The fraction of sp³-hybridized carbons (Fsp3) is 0.625. The number of hydrogen-bond donors (Lipinski definition) is 2. The summed E-state index contributed by atoms with van der Waals surface area (Å²) in [5.41, 5.74) is 6.32. The standard InChI is InChI=1S/C16H24N2O2S2/c1-16(2,3)21-10-14(19)17-18-15(20)13-9-11-7-5-4-6-8-12(11)22-13/h9H,4-8,10H2,1-3H3,(H,17,19)(H,18,20). The zero-order chi connectivity index (χ0) is 16.2. The molecule has 22 heavy (non-hydrogen) atoms. The van der Waals surface area contributed by atoms with Crippen LogP contribution in [-0.4, -0.2) is 22.3 Å². The van der Waals surface area contributed by atoms with E-state index in [0.29, 0.717) is 10.6 Å². The Labute approximate surface area is 140 Å². The van der Waals surface area contributed by atoms with Crippen LogP contribution in [0, 0.1) is 0 Å². The van der Waals surface area contributed by atoms with Crippen LogP contribution >= 0.6 is 23.1 Å². The summed E-state index contributed by atoms with van der Waals surface area (Å²) in [7, 11) is 0. The molecule has 1 aromatic heterocycles. The van der Waals surface area contributed by atoms with Crippen LogP contribution in [0.1, 0.15) is 60.1 Å². The minimum atomic E-state index is -0.216. The van der Waals surface area contributed by atoms with Gasteiger partial charge in [0.05, 0.1) is 10.6 Å². The van der Waals surface area contributed by atoms with Crippen molar-refractivity contribution >= 4 is 34.9 Å². The lowest BCUT2D eigenvalue weighted by Crippen LogP contribution is -2.42. The molecular weight excluding hydrogens is 316 g/mol. The number of amides is 2. The summed E-state index contributed by atoms with van der Waals surface area (Å²) < 4.78 is 0.0344. The lowest BCUT2D eigenvalue weighted by molar-refractivity contribution is -0.119. The highest BCUT2D eigenvalue weighted by molar-refractivity contribution is 8.01. The molecule has 1 heterocycles. The normalized spacial score (nSPS) is 14.9. The number of rotatable bonds is 3. The maximum absolute atomic E-state index is 12.1. The van der Waals surface area contributed by atoms with Gasteiger partial charge in [0.25, 0.3) is 5.91 Å². The van der Waals surface area contributed by atoms with E-state index in [-0.39, 0.29) is 16.6 Å². The summed E-state index contributed by atoms with van der Waals surface area (Å²) in [5.74, 6) is -0.0522. The van der Waals surface area contributed by atoms with Crippen LogP contribution in [0.3, 0.4) is 0 Å². The van der Waals surface area contributed by atoms with Gasteiger partial charge in [-0.2, -0.15) is 0 Å². The second-order valence-corrected chi connectivity index (χ2v) is 9.46. The first kappa shape index (κ1) is 17.3. The van der Waals surface area contributed by atoms with Gasteiger partial charge in [0.1, 0.15) is 0 Å². The molecule has 0 spiro atoms. The smallest absolute Gasteiger partial charge is 0.272 e. The van der Waals surface area contributed by atoms with Gasteiger partial charge in [-0.1, -0.05) is 27.2 Å². The van der Waals surface area contributed by atoms with Crippen LogP contribution in [-0.2, 0) is 17.6 Å². The molecule has 2 amide bonds. The number of carbonyl (C=O) groups excluding carboxylic acids is 2. The Morgan fingerprint density at radius 2 is 1.91 bits per heavy atom. The van der Waals surface area contributed by atoms with Crippen molar-refractivity contribution < 1.29 is 9.59 Å². The monoisotopic (exact) mass is 340 g/mol. The molecule has 2 rings (SSSR count). The molecule has 0 radical (unpaired) electrons. The molecule has 1 aromatic rings. The average molecular weight is 341 g/mol. The SMILES string of the molecule is CC(C)(C)SCC(=O)NNC(=O)c1cc2c(s1)CCCCC2. The first-order valence-corrected chi connectivity index (χ1v) is 9.50. The topological polar surface area (TPSA) is 58.2 Å². The largest absolute Gasteiger partial charge is 0.279 e. The van der Waals surface area contributed by atoms with Crippen LogP contribution in [0.15, 0.2) is 6.07 Å². The van der Waals surface area contributed by atoms with Gasteiger partial charge >= 0.3 is 0 Å². The van der Waals surface area contributed by atoms with E-state index in [1.54, 1.807) is 23.1 Å². The molecule has 122 valence electrons. The Bertz CT molecular complexity index is 523. The number of hydrogen-bond acceptors (Lipinski definition) is 4. The molecule has 1 aliphatic carbocycles. The molecule has 0 aromatic carbocycles.